The van der Waals surface area contributed by atoms with Gasteiger partial charge in [0, 0.05) is 18.3 Å². The number of hydrogen-bond donors (Lipinski definition) is 2. The Balaban J connectivity index is 2.03. The maximum atomic E-state index is 12.1. The van der Waals surface area contributed by atoms with Gasteiger partial charge in [-0.3, -0.25) is 4.79 Å². The zero-order valence-electron chi connectivity index (χ0n) is 12.5. The molecular formula is C16H22N4O. The molecule has 2 rings (SSSR count). The predicted octanol–water partition coefficient (Wildman–Crippen LogP) is 2.12. The minimum Gasteiger partial charge on any atom is -0.349 e. The van der Waals surface area contributed by atoms with E-state index in [1.165, 1.54) is 0 Å². The quantitative estimate of drug-likeness (QED) is 0.854. The summed E-state index contributed by atoms with van der Waals surface area (Å²) in [6.07, 6.45) is 3.42. The van der Waals surface area contributed by atoms with Crippen molar-refractivity contribution in [3.8, 4) is 5.69 Å². The van der Waals surface area contributed by atoms with Crippen LogP contribution in [0.2, 0.25) is 0 Å². The van der Waals surface area contributed by atoms with E-state index in [-0.39, 0.29) is 11.4 Å². The number of nitrogens with zero attached hydrogens (tertiary/aromatic N) is 2. The Kier molecular flexibility index (Phi) is 4.75. The SMILES string of the molecule is CCC(N)(CC)CNC(=O)c1ccn(-c2ccccc2)n1. The van der Waals surface area contributed by atoms with Crippen LogP contribution in [0.1, 0.15) is 37.2 Å². The van der Waals surface area contributed by atoms with Crippen molar-refractivity contribution < 1.29 is 4.79 Å². The number of para-hydroxylation sites is 1. The molecule has 1 amide bonds. The molecule has 0 saturated heterocycles. The minimum atomic E-state index is -0.350. The molecule has 0 fully saturated rings. The van der Waals surface area contributed by atoms with Crippen LogP contribution in [0, 0.1) is 0 Å². The monoisotopic (exact) mass is 286 g/mol. The van der Waals surface area contributed by atoms with Gasteiger partial charge < -0.3 is 11.1 Å². The second-order valence-corrected chi connectivity index (χ2v) is 5.23. The first kappa shape index (κ1) is 15.3. The highest BCUT2D eigenvalue weighted by atomic mass is 16.1. The fourth-order valence-corrected chi connectivity index (χ4v) is 2.02. The van der Waals surface area contributed by atoms with E-state index in [9.17, 15) is 4.79 Å². The van der Waals surface area contributed by atoms with Gasteiger partial charge in [0.05, 0.1) is 5.69 Å². The molecular weight excluding hydrogens is 264 g/mol. The van der Waals surface area contributed by atoms with Gasteiger partial charge in [-0.1, -0.05) is 32.0 Å². The zero-order chi connectivity index (χ0) is 15.3. The molecule has 0 radical (unpaired) electrons. The largest absolute Gasteiger partial charge is 0.349 e. The highest BCUT2D eigenvalue weighted by Gasteiger charge is 2.21. The summed E-state index contributed by atoms with van der Waals surface area (Å²) in [6, 6.07) is 11.4. The smallest absolute Gasteiger partial charge is 0.271 e. The first-order chi connectivity index (χ1) is 10.1. The average Bonchev–Trinajstić information content (AvgIpc) is 3.03. The molecule has 1 aromatic heterocycles. The van der Waals surface area contributed by atoms with Crippen molar-refractivity contribution in [3.63, 3.8) is 0 Å². The van der Waals surface area contributed by atoms with Crippen LogP contribution in [-0.4, -0.2) is 27.8 Å². The second-order valence-electron chi connectivity index (χ2n) is 5.23. The Labute approximate surface area is 125 Å². The summed E-state index contributed by atoms with van der Waals surface area (Å²) in [5.41, 5.74) is 7.15. The molecule has 1 heterocycles. The van der Waals surface area contributed by atoms with E-state index in [1.54, 1.807) is 16.9 Å². The van der Waals surface area contributed by atoms with E-state index in [2.05, 4.69) is 10.4 Å². The number of nitrogens with one attached hydrogen (secondary N) is 1. The van der Waals surface area contributed by atoms with Crippen LogP contribution < -0.4 is 11.1 Å². The van der Waals surface area contributed by atoms with Gasteiger partial charge in [-0.25, -0.2) is 4.68 Å². The van der Waals surface area contributed by atoms with Gasteiger partial charge in [-0.05, 0) is 31.0 Å². The molecule has 0 bridgehead atoms. The van der Waals surface area contributed by atoms with Gasteiger partial charge in [0.1, 0.15) is 0 Å². The fraction of sp³-hybridized carbons (Fsp3) is 0.375. The Morgan fingerprint density at radius 2 is 1.90 bits per heavy atom. The molecule has 0 atom stereocenters. The van der Waals surface area contributed by atoms with Crippen molar-refractivity contribution in [1.29, 1.82) is 0 Å². The number of hydrogen-bond acceptors (Lipinski definition) is 3. The third-order valence-electron chi connectivity index (χ3n) is 3.85. The summed E-state index contributed by atoms with van der Waals surface area (Å²) in [5.74, 6) is -0.193. The van der Waals surface area contributed by atoms with Crippen molar-refractivity contribution >= 4 is 5.91 Å². The highest BCUT2D eigenvalue weighted by molar-refractivity contribution is 5.92. The van der Waals surface area contributed by atoms with E-state index in [0.29, 0.717) is 12.2 Å². The van der Waals surface area contributed by atoms with Crippen molar-refractivity contribution in [3.05, 3.63) is 48.3 Å². The molecule has 5 heteroatoms. The summed E-state index contributed by atoms with van der Waals surface area (Å²) >= 11 is 0. The number of benzene rings is 1. The summed E-state index contributed by atoms with van der Waals surface area (Å²) in [7, 11) is 0. The summed E-state index contributed by atoms with van der Waals surface area (Å²) in [5, 5.41) is 7.16. The number of amides is 1. The minimum absolute atomic E-state index is 0.193. The second kappa shape index (κ2) is 6.54. The van der Waals surface area contributed by atoms with Crippen LogP contribution in [0.4, 0.5) is 0 Å². The Morgan fingerprint density at radius 3 is 2.52 bits per heavy atom. The topological polar surface area (TPSA) is 72.9 Å². The molecule has 0 spiro atoms. The Morgan fingerprint density at radius 1 is 1.24 bits per heavy atom. The molecule has 3 N–H and O–H groups in total. The molecule has 1 aromatic carbocycles. The molecule has 0 aliphatic heterocycles. The summed E-state index contributed by atoms with van der Waals surface area (Å²) in [4.78, 5) is 12.1. The van der Waals surface area contributed by atoms with Crippen LogP contribution in [-0.2, 0) is 0 Å². The molecule has 5 nitrogen and oxygen atoms in total. The summed E-state index contributed by atoms with van der Waals surface area (Å²) < 4.78 is 1.68. The van der Waals surface area contributed by atoms with Crippen LogP contribution in [0.15, 0.2) is 42.6 Å². The van der Waals surface area contributed by atoms with Gasteiger partial charge >= 0.3 is 0 Å². The Hall–Kier alpha value is -2.14. The van der Waals surface area contributed by atoms with E-state index < -0.39 is 0 Å². The lowest BCUT2D eigenvalue weighted by Crippen LogP contribution is -2.49. The highest BCUT2D eigenvalue weighted by Crippen LogP contribution is 2.10. The number of rotatable bonds is 6. The zero-order valence-corrected chi connectivity index (χ0v) is 12.5. The maximum absolute atomic E-state index is 12.1. The predicted molar refractivity (Wildman–Crippen MR) is 83.4 cm³/mol. The van der Waals surface area contributed by atoms with E-state index in [0.717, 1.165) is 18.5 Å². The normalized spacial score (nSPS) is 11.4. The lowest BCUT2D eigenvalue weighted by atomic mass is 9.94. The van der Waals surface area contributed by atoms with Crippen LogP contribution in [0.5, 0.6) is 0 Å². The van der Waals surface area contributed by atoms with Crippen LogP contribution in [0.25, 0.3) is 5.69 Å². The fourth-order valence-electron chi connectivity index (χ4n) is 2.02. The first-order valence-corrected chi connectivity index (χ1v) is 7.26. The molecule has 0 unspecified atom stereocenters. The average molecular weight is 286 g/mol. The molecule has 2 aromatic rings. The van der Waals surface area contributed by atoms with E-state index in [4.69, 9.17) is 5.73 Å². The van der Waals surface area contributed by atoms with Gasteiger partial charge in [0.15, 0.2) is 5.69 Å². The molecule has 0 saturated carbocycles. The van der Waals surface area contributed by atoms with Crippen LogP contribution >= 0.6 is 0 Å². The molecule has 0 aliphatic rings. The standard InChI is InChI=1S/C16H22N4O/c1-3-16(17,4-2)12-18-15(21)14-10-11-20(19-14)13-8-6-5-7-9-13/h5-11H,3-4,12,17H2,1-2H3,(H,18,21). The summed E-state index contributed by atoms with van der Waals surface area (Å²) in [6.45, 7) is 4.51. The lowest BCUT2D eigenvalue weighted by molar-refractivity contribution is 0.0936. The van der Waals surface area contributed by atoms with Gasteiger partial charge in [0.25, 0.3) is 5.91 Å². The van der Waals surface area contributed by atoms with Crippen molar-refractivity contribution in [2.45, 2.75) is 32.2 Å². The van der Waals surface area contributed by atoms with Gasteiger partial charge in [0.2, 0.25) is 0 Å². The third-order valence-corrected chi connectivity index (χ3v) is 3.85. The maximum Gasteiger partial charge on any atom is 0.271 e. The number of carbonyl (C=O) groups is 1. The van der Waals surface area contributed by atoms with Crippen molar-refractivity contribution in [1.82, 2.24) is 15.1 Å². The molecule has 0 aliphatic carbocycles. The lowest BCUT2D eigenvalue weighted by Gasteiger charge is -2.26. The molecule has 21 heavy (non-hydrogen) atoms. The van der Waals surface area contributed by atoms with E-state index >= 15 is 0 Å². The Bertz CT molecular complexity index is 587. The number of carbonyl (C=O) groups excluding carboxylic acids is 1. The molecule has 112 valence electrons. The number of aromatic nitrogens is 2. The van der Waals surface area contributed by atoms with E-state index in [1.807, 2.05) is 44.2 Å². The first-order valence-electron chi connectivity index (χ1n) is 7.26. The van der Waals surface area contributed by atoms with Gasteiger partial charge in [-0.2, -0.15) is 5.10 Å². The van der Waals surface area contributed by atoms with Crippen molar-refractivity contribution in [2.75, 3.05) is 6.54 Å². The van der Waals surface area contributed by atoms with Crippen molar-refractivity contribution in [2.24, 2.45) is 5.73 Å². The van der Waals surface area contributed by atoms with Crippen LogP contribution in [0.3, 0.4) is 0 Å². The third kappa shape index (κ3) is 3.70. The van der Waals surface area contributed by atoms with Gasteiger partial charge in [-0.15, -0.1) is 0 Å². The number of nitrogens with two attached hydrogens (primary N) is 1.